The lowest BCUT2D eigenvalue weighted by atomic mass is 10.1. The lowest BCUT2D eigenvalue weighted by Gasteiger charge is -2.28. The quantitative estimate of drug-likeness (QED) is 0.664. The van der Waals surface area contributed by atoms with E-state index in [-0.39, 0.29) is 12.6 Å². The maximum absolute atomic E-state index is 9.19. The number of hydrogen-bond acceptors (Lipinski definition) is 4. The second kappa shape index (κ2) is 8.86. The van der Waals surface area contributed by atoms with Gasteiger partial charge in [0.05, 0.1) is 12.7 Å². The molecule has 1 fully saturated rings. The lowest BCUT2D eigenvalue weighted by Crippen LogP contribution is -2.38. The molecule has 1 rings (SSSR count). The van der Waals surface area contributed by atoms with E-state index < -0.39 is 0 Å². The van der Waals surface area contributed by atoms with Gasteiger partial charge < -0.3 is 20.1 Å². The highest BCUT2D eigenvalue weighted by Crippen LogP contribution is 2.13. The molecule has 17 heavy (non-hydrogen) atoms. The Morgan fingerprint density at radius 1 is 1.47 bits per heavy atom. The van der Waals surface area contributed by atoms with Gasteiger partial charge in [-0.3, -0.25) is 0 Å². The van der Waals surface area contributed by atoms with Crippen molar-refractivity contribution < 1.29 is 9.84 Å². The van der Waals surface area contributed by atoms with Crippen molar-refractivity contribution in [3.05, 3.63) is 0 Å². The summed E-state index contributed by atoms with van der Waals surface area (Å²) in [5.74, 6) is 0. The van der Waals surface area contributed by atoms with Crippen molar-refractivity contribution >= 4 is 0 Å². The maximum Gasteiger partial charge on any atom is 0.0701 e. The van der Waals surface area contributed by atoms with E-state index in [4.69, 9.17) is 4.74 Å². The van der Waals surface area contributed by atoms with Crippen LogP contribution in [0.15, 0.2) is 0 Å². The molecule has 0 amide bonds. The van der Waals surface area contributed by atoms with E-state index in [0.717, 1.165) is 32.7 Å². The van der Waals surface area contributed by atoms with Gasteiger partial charge in [0.2, 0.25) is 0 Å². The zero-order valence-corrected chi connectivity index (χ0v) is 11.3. The van der Waals surface area contributed by atoms with Crippen molar-refractivity contribution in [2.24, 2.45) is 0 Å². The topological polar surface area (TPSA) is 44.7 Å². The fourth-order valence-corrected chi connectivity index (χ4v) is 2.31. The van der Waals surface area contributed by atoms with Crippen LogP contribution in [0.3, 0.4) is 0 Å². The highest BCUT2D eigenvalue weighted by atomic mass is 16.5. The van der Waals surface area contributed by atoms with E-state index in [1.165, 1.54) is 19.3 Å². The van der Waals surface area contributed by atoms with Crippen molar-refractivity contribution in [1.82, 2.24) is 10.2 Å². The molecule has 2 unspecified atom stereocenters. The van der Waals surface area contributed by atoms with Crippen LogP contribution in [0.1, 0.15) is 32.6 Å². The van der Waals surface area contributed by atoms with Gasteiger partial charge in [0.15, 0.2) is 0 Å². The van der Waals surface area contributed by atoms with Crippen LogP contribution in [0.5, 0.6) is 0 Å². The number of hydrogen-bond donors (Lipinski definition) is 2. The molecule has 0 aliphatic carbocycles. The van der Waals surface area contributed by atoms with E-state index >= 15 is 0 Å². The number of nitrogens with zero attached hydrogens (tertiary/aromatic N) is 1. The highest BCUT2D eigenvalue weighted by molar-refractivity contribution is 4.70. The van der Waals surface area contributed by atoms with Crippen LogP contribution < -0.4 is 5.32 Å². The number of aliphatic hydroxyl groups excluding tert-OH is 1. The van der Waals surface area contributed by atoms with Crippen molar-refractivity contribution in [2.75, 3.05) is 39.9 Å². The molecule has 4 nitrogen and oxygen atoms in total. The molecular weight excluding hydrogens is 216 g/mol. The standard InChI is InChI=1S/C13H28N2O2/c1-3-14-12(11-16)7-8-15(2)10-13-6-4-5-9-17-13/h12-14,16H,3-11H2,1-2H3. The molecule has 4 heteroatoms. The number of ether oxygens (including phenoxy) is 1. The summed E-state index contributed by atoms with van der Waals surface area (Å²) in [6, 6.07) is 0.231. The average Bonchev–Trinajstić information content (AvgIpc) is 2.35. The molecule has 102 valence electrons. The zero-order valence-electron chi connectivity index (χ0n) is 11.3. The number of nitrogens with one attached hydrogen (secondary N) is 1. The fourth-order valence-electron chi connectivity index (χ4n) is 2.31. The first-order chi connectivity index (χ1) is 8.26. The SMILES string of the molecule is CCNC(CO)CCN(C)CC1CCCCO1. The van der Waals surface area contributed by atoms with Crippen molar-refractivity contribution in [3.63, 3.8) is 0 Å². The Labute approximate surface area is 105 Å². The number of rotatable bonds is 8. The molecule has 0 bridgehead atoms. The van der Waals surface area contributed by atoms with Gasteiger partial charge in [-0.05, 0) is 45.8 Å². The van der Waals surface area contributed by atoms with Crippen LogP contribution >= 0.6 is 0 Å². The molecular formula is C13H28N2O2. The summed E-state index contributed by atoms with van der Waals surface area (Å²) in [6.45, 7) is 6.17. The molecule has 0 aromatic heterocycles. The Morgan fingerprint density at radius 3 is 2.88 bits per heavy atom. The van der Waals surface area contributed by atoms with E-state index in [2.05, 4.69) is 24.2 Å². The van der Waals surface area contributed by atoms with Gasteiger partial charge in [-0.1, -0.05) is 6.92 Å². The monoisotopic (exact) mass is 244 g/mol. The zero-order chi connectivity index (χ0) is 12.5. The second-order valence-corrected chi connectivity index (χ2v) is 4.98. The summed E-state index contributed by atoms with van der Waals surface area (Å²) in [5, 5.41) is 12.5. The minimum atomic E-state index is 0.224. The Bertz CT molecular complexity index is 184. The first-order valence-electron chi connectivity index (χ1n) is 6.90. The molecule has 0 aromatic carbocycles. The number of aliphatic hydroxyl groups is 1. The third-order valence-corrected chi connectivity index (χ3v) is 3.36. The number of likely N-dealkylation sites (N-methyl/N-ethyl adjacent to an activating group) is 2. The van der Waals surface area contributed by atoms with Gasteiger partial charge in [-0.15, -0.1) is 0 Å². The maximum atomic E-state index is 9.19. The fraction of sp³-hybridized carbons (Fsp3) is 1.00. The van der Waals surface area contributed by atoms with Gasteiger partial charge in [0, 0.05) is 19.2 Å². The molecule has 2 atom stereocenters. The Kier molecular flexibility index (Phi) is 7.77. The van der Waals surface area contributed by atoms with E-state index in [0.29, 0.717) is 6.10 Å². The summed E-state index contributed by atoms with van der Waals surface area (Å²) in [6.07, 6.45) is 5.12. The van der Waals surface area contributed by atoms with Gasteiger partial charge in [0.1, 0.15) is 0 Å². The second-order valence-electron chi connectivity index (χ2n) is 4.98. The Morgan fingerprint density at radius 2 is 2.29 bits per heavy atom. The van der Waals surface area contributed by atoms with Crippen LogP contribution in [0, 0.1) is 0 Å². The summed E-state index contributed by atoms with van der Waals surface area (Å²) < 4.78 is 5.72. The van der Waals surface area contributed by atoms with E-state index in [1.54, 1.807) is 0 Å². The molecule has 0 saturated carbocycles. The van der Waals surface area contributed by atoms with Crippen molar-refractivity contribution in [3.8, 4) is 0 Å². The van der Waals surface area contributed by atoms with Crippen molar-refractivity contribution in [1.29, 1.82) is 0 Å². The van der Waals surface area contributed by atoms with Gasteiger partial charge in [-0.25, -0.2) is 0 Å². The summed E-state index contributed by atoms with van der Waals surface area (Å²) in [5.41, 5.74) is 0. The van der Waals surface area contributed by atoms with Crippen LogP contribution in [0.2, 0.25) is 0 Å². The molecule has 0 radical (unpaired) electrons. The molecule has 1 heterocycles. The Balaban J connectivity index is 2.12. The third kappa shape index (κ3) is 6.36. The normalized spacial score (nSPS) is 22.9. The highest BCUT2D eigenvalue weighted by Gasteiger charge is 2.16. The lowest BCUT2D eigenvalue weighted by molar-refractivity contribution is -0.00206. The van der Waals surface area contributed by atoms with E-state index in [9.17, 15) is 5.11 Å². The summed E-state index contributed by atoms with van der Waals surface area (Å²) >= 11 is 0. The van der Waals surface area contributed by atoms with Gasteiger partial charge >= 0.3 is 0 Å². The summed E-state index contributed by atoms with van der Waals surface area (Å²) in [4.78, 5) is 2.32. The molecule has 1 aliphatic rings. The van der Waals surface area contributed by atoms with Crippen molar-refractivity contribution in [2.45, 2.75) is 44.8 Å². The molecule has 0 aromatic rings. The predicted molar refractivity (Wildman–Crippen MR) is 70.3 cm³/mol. The van der Waals surface area contributed by atoms with Crippen LogP contribution in [-0.2, 0) is 4.74 Å². The van der Waals surface area contributed by atoms with Crippen LogP contribution in [0.25, 0.3) is 0 Å². The molecule has 1 aliphatic heterocycles. The van der Waals surface area contributed by atoms with Gasteiger partial charge in [0.25, 0.3) is 0 Å². The van der Waals surface area contributed by atoms with Crippen LogP contribution in [-0.4, -0.2) is 62.0 Å². The largest absolute Gasteiger partial charge is 0.395 e. The minimum absolute atomic E-state index is 0.224. The minimum Gasteiger partial charge on any atom is -0.395 e. The molecule has 1 saturated heterocycles. The predicted octanol–water partition coefficient (Wildman–Crippen LogP) is 0.848. The average molecular weight is 244 g/mol. The van der Waals surface area contributed by atoms with E-state index in [1.807, 2.05) is 0 Å². The van der Waals surface area contributed by atoms with Crippen LogP contribution in [0.4, 0.5) is 0 Å². The first kappa shape index (κ1) is 14.9. The van der Waals surface area contributed by atoms with Gasteiger partial charge in [-0.2, -0.15) is 0 Å². The summed E-state index contributed by atoms with van der Waals surface area (Å²) in [7, 11) is 2.14. The third-order valence-electron chi connectivity index (χ3n) is 3.36. The Hall–Kier alpha value is -0.160. The molecule has 2 N–H and O–H groups in total. The first-order valence-corrected chi connectivity index (χ1v) is 6.90. The smallest absolute Gasteiger partial charge is 0.0701 e. The molecule has 0 spiro atoms.